The largest absolute Gasteiger partial charge is 0.510 e. The van der Waals surface area contributed by atoms with E-state index in [9.17, 15) is 9.90 Å². The Labute approximate surface area is 183 Å². The molecule has 11 heteroatoms. The lowest BCUT2D eigenvalue weighted by Crippen LogP contribution is -2.38. The number of rotatable bonds is 7. The molecule has 0 atom stereocenters. The molecule has 2 N–H and O–H groups in total. The number of nitrogens with zero attached hydrogens (tertiary/aromatic N) is 5. The Balaban J connectivity index is 1.59. The second-order valence-electron chi connectivity index (χ2n) is 6.83. The number of esters is 1. The van der Waals surface area contributed by atoms with Crippen LogP contribution in [0.3, 0.4) is 0 Å². The SMILES string of the molecule is CCn1c(SC/C(O)=C(\C(=O)OC)c2nc3ccccc3[nH]2)nnc1N1CCOCC1. The second kappa shape index (κ2) is 9.40. The summed E-state index contributed by atoms with van der Waals surface area (Å²) in [5.74, 6) is 0.347. The molecule has 0 aliphatic carbocycles. The number of morpholine rings is 1. The normalized spacial score (nSPS) is 15.2. The summed E-state index contributed by atoms with van der Waals surface area (Å²) in [6.45, 7) is 5.52. The van der Waals surface area contributed by atoms with Gasteiger partial charge < -0.3 is 24.5 Å². The van der Waals surface area contributed by atoms with E-state index in [1.807, 2.05) is 35.8 Å². The summed E-state index contributed by atoms with van der Waals surface area (Å²) in [4.78, 5) is 22.0. The second-order valence-corrected chi connectivity index (χ2v) is 7.77. The number of carbonyl (C=O) groups is 1. The van der Waals surface area contributed by atoms with Crippen molar-refractivity contribution in [3.05, 3.63) is 35.8 Å². The van der Waals surface area contributed by atoms with Crippen molar-refractivity contribution >= 4 is 40.3 Å². The molecule has 164 valence electrons. The number of para-hydroxylation sites is 2. The van der Waals surface area contributed by atoms with Gasteiger partial charge in [0.05, 0.1) is 37.1 Å². The quantitative estimate of drug-likeness (QED) is 0.245. The third-order valence-electron chi connectivity index (χ3n) is 4.95. The van der Waals surface area contributed by atoms with Crippen molar-refractivity contribution < 1.29 is 19.4 Å². The Bertz CT molecular complexity index is 1070. The standard InChI is InChI=1S/C20H24N6O4S/c1-3-26-19(25-8-10-30-11-9-25)23-24-20(26)31-12-15(27)16(18(28)29-2)17-21-13-6-4-5-7-14(13)22-17/h4-7,27H,3,8-12H2,1-2H3,(H,21,22)/b16-15+. The van der Waals surface area contributed by atoms with E-state index in [-0.39, 0.29) is 22.9 Å². The Morgan fingerprint density at radius 2 is 2.06 bits per heavy atom. The predicted octanol–water partition coefficient (Wildman–Crippen LogP) is 2.25. The fourth-order valence-corrected chi connectivity index (χ4v) is 4.27. The first-order chi connectivity index (χ1) is 15.1. The van der Waals surface area contributed by atoms with Crippen LogP contribution < -0.4 is 4.90 Å². The number of H-pyrrole nitrogens is 1. The number of fused-ring (bicyclic) bond motifs is 1. The molecule has 3 heterocycles. The van der Waals surface area contributed by atoms with Crippen molar-refractivity contribution in [3.63, 3.8) is 0 Å². The predicted molar refractivity (Wildman–Crippen MR) is 117 cm³/mol. The number of imidazole rings is 1. The average molecular weight is 445 g/mol. The van der Waals surface area contributed by atoms with E-state index in [0.717, 1.165) is 24.6 Å². The summed E-state index contributed by atoms with van der Waals surface area (Å²) in [6, 6.07) is 7.40. The molecule has 0 radical (unpaired) electrons. The van der Waals surface area contributed by atoms with Crippen LogP contribution in [0.15, 0.2) is 35.2 Å². The molecule has 1 aliphatic rings. The molecule has 0 saturated carbocycles. The van der Waals surface area contributed by atoms with E-state index in [1.165, 1.54) is 18.9 Å². The zero-order valence-corrected chi connectivity index (χ0v) is 18.2. The van der Waals surface area contributed by atoms with Crippen molar-refractivity contribution in [1.29, 1.82) is 0 Å². The molecule has 0 bridgehead atoms. The molecular formula is C20H24N6O4S. The van der Waals surface area contributed by atoms with Gasteiger partial charge in [-0.1, -0.05) is 23.9 Å². The van der Waals surface area contributed by atoms with E-state index in [2.05, 4.69) is 25.1 Å². The number of methoxy groups -OCH3 is 1. The maximum absolute atomic E-state index is 12.4. The van der Waals surface area contributed by atoms with Gasteiger partial charge in [-0.15, -0.1) is 10.2 Å². The van der Waals surface area contributed by atoms with Crippen LogP contribution in [0.1, 0.15) is 12.7 Å². The first kappa shape index (κ1) is 21.2. The maximum atomic E-state index is 12.4. The average Bonchev–Trinajstić information content (AvgIpc) is 3.41. The van der Waals surface area contributed by atoms with E-state index in [0.29, 0.717) is 30.4 Å². The highest BCUT2D eigenvalue weighted by atomic mass is 32.2. The Morgan fingerprint density at radius 1 is 1.29 bits per heavy atom. The summed E-state index contributed by atoms with van der Waals surface area (Å²) in [7, 11) is 1.27. The molecule has 10 nitrogen and oxygen atoms in total. The minimum absolute atomic E-state index is 0.00201. The zero-order chi connectivity index (χ0) is 21.8. The number of hydrogen-bond donors (Lipinski definition) is 2. The Morgan fingerprint density at radius 3 is 2.77 bits per heavy atom. The Kier molecular flexibility index (Phi) is 6.42. The summed E-state index contributed by atoms with van der Waals surface area (Å²) < 4.78 is 12.3. The monoisotopic (exact) mass is 444 g/mol. The lowest BCUT2D eigenvalue weighted by Gasteiger charge is -2.27. The fourth-order valence-electron chi connectivity index (χ4n) is 3.39. The number of anilines is 1. The lowest BCUT2D eigenvalue weighted by atomic mass is 10.2. The van der Waals surface area contributed by atoms with Crippen molar-refractivity contribution in [2.75, 3.05) is 44.1 Å². The minimum Gasteiger partial charge on any atom is -0.510 e. The van der Waals surface area contributed by atoms with Gasteiger partial charge in [-0.25, -0.2) is 9.78 Å². The van der Waals surface area contributed by atoms with Crippen LogP contribution >= 0.6 is 11.8 Å². The van der Waals surface area contributed by atoms with Gasteiger partial charge in [0.1, 0.15) is 17.2 Å². The zero-order valence-electron chi connectivity index (χ0n) is 17.4. The third-order valence-corrected chi connectivity index (χ3v) is 5.93. The van der Waals surface area contributed by atoms with Crippen LogP contribution in [0.5, 0.6) is 0 Å². The van der Waals surface area contributed by atoms with E-state index in [4.69, 9.17) is 9.47 Å². The van der Waals surface area contributed by atoms with Gasteiger partial charge in [-0.05, 0) is 19.1 Å². The van der Waals surface area contributed by atoms with Gasteiger partial charge in [0.15, 0.2) is 5.16 Å². The molecular weight excluding hydrogens is 420 g/mol. The van der Waals surface area contributed by atoms with Gasteiger partial charge >= 0.3 is 5.97 Å². The van der Waals surface area contributed by atoms with Crippen LogP contribution in [-0.2, 0) is 20.8 Å². The molecule has 4 rings (SSSR count). The van der Waals surface area contributed by atoms with Crippen molar-refractivity contribution in [3.8, 4) is 0 Å². The molecule has 1 saturated heterocycles. The number of nitrogens with one attached hydrogen (secondary N) is 1. The number of aromatic nitrogens is 5. The lowest BCUT2D eigenvalue weighted by molar-refractivity contribution is -0.133. The maximum Gasteiger partial charge on any atom is 0.345 e. The number of benzene rings is 1. The van der Waals surface area contributed by atoms with Crippen LogP contribution in [-0.4, -0.2) is 75.0 Å². The molecule has 2 aromatic heterocycles. The van der Waals surface area contributed by atoms with Gasteiger partial charge in [-0.2, -0.15) is 0 Å². The van der Waals surface area contributed by atoms with Crippen molar-refractivity contribution in [2.45, 2.75) is 18.6 Å². The van der Waals surface area contributed by atoms with Crippen molar-refractivity contribution in [1.82, 2.24) is 24.7 Å². The van der Waals surface area contributed by atoms with Crippen LogP contribution in [0.4, 0.5) is 5.95 Å². The first-order valence-electron chi connectivity index (χ1n) is 9.96. The summed E-state index contributed by atoms with van der Waals surface area (Å²) >= 11 is 1.30. The highest BCUT2D eigenvalue weighted by Crippen LogP contribution is 2.27. The molecule has 0 amide bonds. The number of ether oxygens (including phenoxy) is 2. The highest BCUT2D eigenvalue weighted by Gasteiger charge is 2.24. The Hall–Kier alpha value is -3.05. The number of carbonyl (C=O) groups excluding carboxylic acids is 1. The molecule has 31 heavy (non-hydrogen) atoms. The van der Waals surface area contributed by atoms with E-state index in [1.54, 1.807) is 0 Å². The highest BCUT2D eigenvalue weighted by molar-refractivity contribution is 7.99. The molecule has 0 spiro atoms. The van der Waals surface area contributed by atoms with Crippen LogP contribution in [0.2, 0.25) is 0 Å². The van der Waals surface area contributed by atoms with E-state index < -0.39 is 5.97 Å². The van der Waals surface area contributed by atoms with Gasteiger partial charge in [0, 0.05) is 19.6 Å². The van der Waals surface area contributed by atoms with Gasteiger partial charge in [-0.3, -0.25) is 4.57 Å². The molecule has 0 unspecified atom stereocenters. The van der Waals surface area contributed by atoms with Gasteiger partial charge in [0.25, 0.3) is 0 Å². The van der Waals surface area contributed by atoms with Crippen molar-refractivity contribution in [2.24, 2.45) is 0 Å². The first-order valence-corrected chi connectivity index (χ1v) is 10.9. The smallest absolute Gasteiger partial charge is 0.345 e. The number of aliphatic hydroxyl groups excluding tert-OH is 1. The number of aromatic amines is 1. The summed E-state index contributed by atoms with van der Waals surface area (Å²) in [5, 5.41) is 20.1. The summed E-state index contributed by atoms with van der Waals surface area (Å²) in [5.41, 5.74) is 1.46. The third kappa shape index (κ3) is 4.37. The number of aliphatic hydroxyl groups is 1. The topological polar surface area (TPSA) is 118 Å². The number of hydrogen-bond acceptors (Lipinski definition) is 9. The molecule has 1 aliphatic heterocycles. The number of thioether (sulfide) groups is 1. The summed E-state index contributed by atoms with van der Waals surface area (Å²) in [6.07, 6.45) is 0. The fraction of sp³-hybridized carbons (Fsp3) is 0.400. The molecule has 3 aromatic rings. The van der Waals surface area contributed by atoms with Crippen LogP contribution in [0.25, 0.3) is 16.6 Å². The minimum atomic E-state index is -0.664. The van der Waals surface area contributed by atoms with E-state index >= 15 is 0 Å². The molecule has 1 fully saturated rings. The van der Waals surface area contributed by atoms with Crippen LogP contribution in [0, 0.1) is 0 Å². The molecule has 1 aromatic carbocycles. The van der Waals surface area contributed by atoms with Gasteiger partial charge in [0.2, 0.25) is 5.95 Å².